The number of ether oxygens (including phenoxy) is 1. The van der Waals surface area contributed by atoms with Crippen LogP contribution in [0.15, 0.2) is 47.4 Å². The van der Waals surface area contributed by atoms with E-state index in [1.165, 1.54) is 13.2 Å². The average Bonchev–Trinajstić information content (AvgIpc) is 2.86. The maximum Gasteiger partial charge on any atom is 0.258 e. The van der Waals surface area contributed by atoms with Crippen LogP contribution in [0.4, 0.5) is 5.69 Å². The van der Waals surface area contributed by atoms with Crippen molar-refractivity contribution in [3.63, 3.8) is 0 Å². The van der Waals surface area contributed by atoms with Gasteiger partial charge in [0.15, 0.2) is 0 Å². The van der Waals surface area contributed by atoms with Gasteiger partial charge in [0.05, 0.1) is 24.1 Å². The smallest absolute Gasteiger partial charge is 0.258 e. The number of methoxy groups -OCH3 is 1. The number of aromatic nitrogens is 2. The van der Waals surface area contributed by atoms with E-state index in [0.29, 0.717) is 28.2 Å². The SMILES string of the molecule is CC.COc1ccc(-c2cc(=O)n3cc(N4CCNCC4)ccc3n2)cc1C#N.CS. The second kappa shape index (κ2) is 12.0. The molecule has 3 heterocycles. The van der Waals surface area contributed by atoms with Crippen molar-refractivity contribution in [2.75, 3.05) is 44.4 Å². The van der Waals surface area contributed by atoms with E-state index in [-0.39, 0.29) is 5.56 Å². The topological polar surface area (TPSA) is 82.7 Å². The van der Waals surface area contributed by atoms with E-state index in [1.54, 1.807) is 28.9 Å². The number of rotatable bonds is 3. The molecule has 0 spiro atoms. The fraction of sp³-hybridized carbons (Fsp3) is 0.348. The van der Waals surface area contributed by atoms with Gasteiger partial charge in [0.1, 0.15) is 17.5 Å². The van der Waals surface area contributed by atoms with Crippen molar-refractivity contribution in [3.05, 3.63) is 58.5 Å². The lowest BCUT2D eigenvalue weighted by Crippen LogP contribution is -2.43. The van der Waals surface area contributed by atoms with Crippen LogP contribution in [0, 0.1) is 11.3 Å². The summed E-state index contributed by atoms with van der Waals surface area (Å²) in [6.07, 6.45) is 3.54. The van der Waals surface area contributed by atoms with Gasteiger partial charge < -0.3 is 15.0 Å². The number of hydrogen-bond acceptors (Lipinski definition) is 7. The first kappa shape index (κ1) is 24.3. The van der Waals surface area contributed by atoms with Crippen molar-refractivity contribution in [2.24, 2.45) is 0 Å². The zero-order valence-corrected chi connectivity index (χ0v) is 19.3. The van der Waals surface area contributed by atoms with Gasteiger partial charge in [-0.15, -0.1) is 0 Å². The van der Waals surface area contributed by atoms with Crippen LogP contribution in [0.25, 0.3) is 16.9 Å². The Morgan fingerprint density at radius 2 is 1.84 bits per heavy atom. The van der Waals surface area contributed by atoms with E-state index in [4.69, 9.17) is 4.74 Å². The first-order chi connectivity index (χ1) is 15.2. The summed E-state index contributed by atoms with van der Waals surface area (Å²) in [4.78, 5) is 19.5. The molecule has 7 nitrogen and oxygen atoms in total. The van der Waals surface area contributed by atoms with Crippen molar-refractivity contribution < 1.29 is 4.74 Å². The van der Waals surface area contributed by atoms with Gasteiger partial charge in [-0.1, -0.05) is 13.8 Å². The summed E-state index contributed by atoms with van der Waals surface area (Å²) < 4.78 is 6.74. The number of anilines is 1. The third-order valence-corrected chi connectivity index (χ3v) is 4.74. The standard InChI is InChI=1S/C20H19N5O2.C2H6.CH4S/c1-27-18-4-2-14(10-15(18)12-21)17-11-20(26)25-13-16(3-5-19(25)23-17)24-8-6-22-7-9-24;2*1-2/h2-5,10-11,13,22H,6-9H2,1H3;1-2H3;2H,1H3. The molecular formula is C23H29N5O2S. The number of fused-ring (bicyclic) bond motifs is 1. The Hall–Kier alpha value is -3.02. The zero-order valence-electron chi connectivity index (χ0n) is 18.4. The summed E-state index contributed by atoms with van der Waals surface area (Å²) in [5, 5.41) is 12.6. The molecule has 31 heavy (non-hydrogen) atoms. The highest BCUT2D eigenvalue weighted by Crippen LogP contribution is 2.25. The molecule has 0 amide bonds. The Labute approximate surface area is 188 Å². The van der Waals surface area contributed by atoms with E-state index in [1.807, 2.05) is 32.2 Å². The molecule has 8 heteroatoms. The Balaban J connectivity index is 0.000000807. The summed E-state index contributed by atoms with van der Waals surface area (Å²) in [6.45, 7) is 7.69. The number of pyridine rings is 1. The quantitative estimate of drug-likeness (QED) is 0.610. The first-order valence-electron chi connectivity index (χ1n) is 10.2. The molecule has 4 rings (SSSR count). The molecule has 1 aliphatic rings. The van der Waals surface area contributed by atoms with Crippen LogP contribution in [0.3, 0.4) is 0 Å². The van der Waals surface area contributed by atoms with Crippen molar-refractivity contribution in [1.29, 1.82) is 5.26 Å². The predicted molar refractivity (Wildman–Crippen MR) is 130 cm³/mol. The van der Waals surface area contributed by atoms with Gasteiger partial charge in [-0.3, -0.25) is 9.20 Å². The molecule has 0 atom stereocenters. The Kier molecular flexibility index (Phi) is 9.38. The highest BCUT2D eigenvalue weighted by molar-refractivity contribution is 7.79. The van der Waals surface area contributed by atoms with Crippen LogP contribution in [0.5, 0.6) is 5.75 Å². The highest BCUT2D eigenvalue weighted by Gasteiger charge is 2.13. The van der Waals surface area contributed by atoms with Crippen LogP contribution >= 0.6 is 12.6 Å². The normalized spacial score (nSPS) is 12.7. The lowest BCUT2D eigenvalue weighted by molar-refractivity contribution is 0.413. The van der Waals surface area contributed by atoms with Crippen molar-refractivity contribution in [3.8, 4) is 23.1 Å². The molecule has 1 aliphatic heterocycles. The van der Waals surface area contributed by atoms with Crippen LogP contribution in [0.2, 0.25) is 0 Å². The van der Waals surface area contributed by atoms with Gasteiger partial charge in [-0.2, -0.15) is 17.9 Å². The fourth-order valence-corrected chi connectivity index (χ4v) is 3.30. The number of nitriles is 1. The van der Waals surface area contributed by atoms with E-state index in [2.05, 4.69) is 33.9 Å². The fourth-order valence-electron chi connectivity index (χ4n) is 3.30. The molecule has 1 saturated heterocycles. The van der Waals surface area contributed by atoms with Crippen LogP contribution in [0.1, 0.15) is 19.4 Å². The summed E-state index contributed by atoms with van der Waals surface area (Å²) in [5.41, 5.74) is 3.09. The van der Waals surface area contributed by atoms with Crippen molar-refractivity contribution in [2.45, 2.75) is 13.8 Å². The number of nitrogens with zero attached hydrogens (tertiary/aromatic N) is 4. The minimum Gasteiger partial charge on any atom is -0.495 e. The average molecular weight is 440 g/mol. The number of nitrogens with one attached hydrogen (secondary N) is 1. The molecule has 0 aliphatic carbocycles. The molecule has 1 N–H and O–H groups in total. The summed E-state index contributed by atoms with van der Waals surface area (Å²) >= 11 is 3.53. The van der Waals surface area contributed by atoms with Gasteiger partial charge >= 0.3 is 0 Å². The molecule has 1 aromatic carbocycles. The van der Waals surface area contributed by atoms with Gasteiger partial charge in [-0.05, 0) is 36.6 Å². The zero-order chi connectivity index (χ0) is 22.8. The van der Waals surface area contributed by atoms with E-state index < -0.39 is 0 Å². The number of hydrogen-bond donors (Lipinski definition) is 2. The number of piperazine rings is 1. The summed E-state index contributed by atoms with van der Waals surface area (Å²) in [6, 6.07) is 12.7. The van der Waals surface area contributed by atoms with Crippen molar-refractivity contribution >= 4 is 24.0 Å². The van der Waals surface area contributed by atoms with E-state index >= 15 is 0 Å². The maximum absolute atomic E-state index is 12.7. The Bertz CT molecular complexity index is 1100. The summed E-state index contributed by atoms with van der Waals surface area (Å²) in [5.74, 6) is 0.499. The molecule has 0 unspecified atom stereocenters. The minimum absolute atomic E-state index is 0.152. The Morgan fingerprint density at radius 1 is 1.13 bits per heavy atom. The highest BCUT2D eigenvalue weighted by atomic mass is 32.1. The minimum atomic E-state index is -0.152. The maximum atomic E-state index is 12.7. The van der Waals surface area contributed by atoms with Crippen LogP contribution in [-0.4, -0.2) is 48.9 Å². The lowest BCUT2D eigenvalue weighted by Gasteiger charge is -2.29. The van der Waals surface area contributed by atoms with Crippen LogP contribution in [-0.2, 0) is 0 Å². The van der Waals surface area contributed by atoms with E-state index in [9.17, 15) is 10.1 Å². The van der Waals surface area contributed by atoms with Gasteiger partial charge in [0, 0.05) is 44.0 Å². The molecule has 0 saturated carbocycles. The Morgan fingerprint density at radius 3 is 2.48 bits per heavy atom. The number of thiol groups is 1. The molecule has 0 bridgehead atoms. The first-order valence-corrected chi connectivity index (χ1v) is 11.1. The van der Waals surface area contributed by atoms with E-state index in [0.717, 1.165) is 31.9 Å². The van der Waals surface area contributed by atoms with Gasteiger partial charge in [0.25, 0.3) is 5.56 Å². The number of benzene rings is 1. The monoisotopic (exact) mass is 439 g/mol. The molecular weight excluding hydrogens is 410 g/mol. The third kappa shape index (κ3) is 5.57. The molecule has 0 radical (unpaired) electrons. The van der Waals surface area contributed by atoms with Crippen molar-refractivity contribution in [1.82, 2.24) is 14.7 Å². The van der Waals surface area contributed by atoms with Gasteiger partial charge in [-0.25, -0.2) is 4.98 Å². The summed E-state index contributed by atoms with van der Waals surface area (Å²) in [7, 11) is 1.52. The molecule has 3 aromatic rings. The third-order valence-electron chi connectivity index (χ3n) is 4.74. The molecule has 2 aromatic heterocycles. The lowest BCUT2D eigenvalue weighted by atomic mass is 10.1. The van der Waals surface area contributed by atoms with Crippen LogP contribution < -0.4 is 20.5 Å². The predicted octanol–water partition coefficient (Wildman–Crippen LogP) is 3.22. The second-order valence-electron chi connectivity index (χ2n) is 6.36. The molecule has 164 valence electrons. The largest absolute Gasteiger partial charge is 0.495 e. The van der Waals surface area contributed by atoms with Gasteiger partial charge in [0.2, 0.25) is 0 Å². The molecule has 1 fully saturated rings. The second-order valence-corrected chi connectivity index (χ2v) is 6.36.